The van der Waals surface area contributed by atoms with E-state index in [9.17, 15) is 4.79 Å². The van der Waals surface area contributed by atoms with Crippen molar-refractivity contribution in [1.82, 2.24) is 10.4 Å². The zero-order valence-electron chi connectivity index (χ0n) is 16.0. The number of hydrogen-bond acceptors (Lipinski definition) is 4. The largest absolute Gasteiger partial charge is 0.457 e. The lowest BCUT2D eigenvalue weighted by Crippen LogP contribution is -2.21. The van der Waals surface area contributed by atoms with E-state index in [2.05, 4.69) is 29.4 Å². The van der Waals surface area contributed by atoms with E-state index in [1.807, 2.05) is 48.5 Å². The van der Waals surface area contributed by atoms with E-state index in [1.54, 1.807) is 30.6 Å². The first-order valence-corrected chi connectivity index (χ1v) is 9.22. The highest BCUT2D eigenvalue weighted by Gasteiger charge is 2.13. The molecule has 5 heteroatoms. The Bertz CT molecular complexity index is 938. The van der Waals surface area contributed by atoms with E-state index >= 15 is 0 Å². The van der Waals surface area contributed by atoms with Gasteiger partial charge in [0, 0.05) is 18.0 Å². The number of amides is 1. The number of aromatic nitrogens is 1. The van der Waals surface area contributed by atoms with E-state index in [1.165, 1.54) is 0 Å². The molecule has 0 atom stereocenters. The Morgan fingerprint density at radius 1 is 1.00 bits per heavy atom. The van der Waals surface area contributed by atoms with Crippen molar-refractivity contribution in [1.29, 1.82) is 0 Å². The van der Waals surface area contributed by atoms with Gasteiger partial charge >= 0.3 is 0 Å². The molecule has 3 aromatic rings. The first kappa shape index (κ1) is 19.3. The van der Waals surface area contributed by atoms with Gasteiger partial charge in [0.05, 0.1) is 11.3 Å². The van der Waals surface area contributed by atoms with Gasteiger partial charge in [-0.1, -0.05) is 44.2 Å². The van der Waals surface area contributed by atoms with Gasteiger partial charge in [-0.3, -0.25) is 9.78 Å². The second-order valence-electron chi connectivity index (χ2n) is 6.74. The van der Waals surface area contributed by atoms with Crippen LogP contribution in [0.1, 0.15) is 36.2 Å². The van der Waals surface area contributed by atoms with E-state index in [0.29, 0.717) is 23.0 Å². The van der Waals surface area contributed by atoms with Crippen molar-refractivity contribution in [3.05, 3.63) is 90.3 Å². The molecule has 28 heavy (non-hydrogen) atoms. The molecule has 0 aliphatic carbocycles. The quantitative estimate of drug-likeness (QED) is 0.465. The molecule has 0 bridgehead atoms. The van der Waals surface area contributed by atoms with Gasteiger partial charge in [-0.25, -0.2) is 5.43 Å². The van der Waals surface area contributed by atoms with Gasteiger partial charge < -0.3 is 4.74 Å². The van der Waals surface area contributed by atoms with Crippen molar-refractivity contribution in [2.45, 2.75) is 20.3 Å². The second kappa shape index (κ2) is 9.46. The molecule has 0 saturated heterocycles. The van der Waals surface area contributed by atoms with Crippen LogP contribution in [0.3, 0.4) is 0 Å². The molecule has 1 N–H and O–H groups in total. The highest BCUT2D eigenvalue weighted by Crippen LogP contribution is 2.25. The molecule has 5 nitrogen and oxygen atoms in total. The SMILES string of the molecule is CC(C)CC(=NNC(=O)c1ccccc1Oc1ccccc1)c1ccncc1. The standard InChI is InChI=1S/C23H23N3O2/c1-17(2)16-21(18-12-14-24-15-13-18)25-26-23(27)20-10-6-7-11-22(20)28-19-8-4-3-5-9-19/h3-15,17H,16H2,1-2H3,(H,26,27). The maximum atomic E-state index is 12.8. The highest BCUT2D eigenvalue weighted by atomic mass is 16.5. The Balaban J connectivity index is 1.81. The zero-order chi connectivity index (χ0) is 19.8. The molecule has 142 valence electrons. The van der Waals surface area contributed by atoms with E-state index in [4.69, 9.17) is 4.74 Å². The Hall–Kier alpha value is -3.47. The van der Waals surface area contributed by atoms with Crippen molar-refractivity contribution in [3.63, 3.8) is 0 Å². The molecule has 1 heterocycles. The van der Waals surface area contributed by atoms with Crippen molar-refractivity contribution < 1.29 is 9.53 Å². The summed E-state index contributed by atoms with van der Waals surface area (Å²) in [6, 6.07) is 20.3. The highest BCUT2D eigenvalue weighted by molar-refractivity contribution is 6.02. The van der Waals surface area contributed by atoms with Crippen molar-refractivity contribution in [2.75, 3.05) is 0 Å². The van der Waals surface area contributed by atoms with Crippen LogP contribution in [0, 0.1) is 5.92 Å². The van der Waals surface area contributed by atoms with Crippen LogP contribution >= 0.6 is 0 Å². The number of benzene rings is 2. The lowest BCUT2D eigenvalue weighted by Gasteiger charge is -2.12. The Kier molecular flexibility index (Phi) is 6.52. The van der Waals surface area contributed by atoms with Gasteiger partial charge in [-0.05, 0) is 48.7 Å². The van der Waals surface area contributed by atoms with E-state index < -0.39 is 0 Å². The fraction of sp³-hybridized carbons (Fsp3) is 0.174. The van der Waals surface area contributed by atoms with E-state index in [0.717, 1.165) is 17.7 Å². The van der Waals surface area contributed by atoms with Crippen LogP contribution in [0.4, 0.5) is 0 Å². The number of nitrogens with one attached hydrogen (secondary N) is 1. The fourth-order valence-electron chi connectivity index (χ4n) is 2.70. The molecular formula is C23H23N3O2. The van der Waals surface area contributed by atoms with Crippen LogP contribution < -0.4 is 10.2 Å². The van der Waals surface area contributed by atoms with Crippen LogP contribution in [0.25, 0.3) is 0 Å². The minimum Gasteiger partial charge on any atom is -0.457 e. The minimum absolute atomic E-state index is 0.318. The van der Waals surface area contributed by atoms with Crippen LogP contribution in [-0.4, -0.2) is 16.6 Å². The number of para-hydroxylation sites is 2. The summed E-state index contributed by atoms with van der Waals surface area (Å²) in [6.45, 7) is 4.23. The number of hydrazone groups is 1. The first-order valence-electron chi connectivity index (χ1n) is 9.22. The fourth-order valence-corrected chi connectivity index (χ4v) is 2.70. The predicted molar refractivity (Wildman–Crippen MR) is 111 cm³/mol. The summed E-state index contributed by atoms with van der Waals surface area (Å²) >= 11 is 0. The number of rotatable bonds is 7. The van der Waals surface area contributed by atoms with Crippen LogP contribution in [0.5, 0.6) is 11.5 Å². The molecule has 0 aliphatic heterocycles. The average Bonchev–Trinajstić information content (AvgIpc) is 2.72. The number of nitrogens with zero attached hydrogens (tertiary/aromatic N) is 2. The summed E-state index contributed by atoms with van der Waals surface area (Å²) in [5.74, 6) is 1.23. The second-order valence-corrected chi connectivity index (χ2v) is 6.74. The lowest BCUT2D eigenvalue weighted by molar-refractivity contribution is 0.0952. The average molecular weight is 373 g/mol. The van der Waals surface area contributed by atoms with Crippen LogP contribution in [0.15, 0.2) is 84.2 Å². The topological polar surface area (TPSA) is 63.6 Å². The number of ether oxygens (including phenoxy) is 1. The van der Waals surface area contributed by atoms with Gasteiger partial charge in [0.2, 0.25) is 0 Å². The molecule has 3 rings (SSSR count). The predicted octanol–water partition coefficient (Wildman–Crippen LogP) is 5.05. The van der Waals surface area contributed by atoms with Gasteiger partial charge in [-0.2, -0.15) is 5.10 Å². The number of carbonyl (C=O) groups is 1. The summed E-state index contributed by atoms with van der Waals surface area (Å²) in [6.07, 6.45) is 4.18. The number of carbonyl (C=O) groups excluding carboxylic acids is 1. The molecule has 1 aromatic heterocycles. The van der Waals surface area contributed by atoms with Crippen molar-refractivity contribution in [3.8, 4) is 11.5 Å². The van der Waals surface area contributed by atoms with Gasteiger partial charge in [0.1, 0.15) is 11.5 Å². The smallest absolute Gasteiger partial charge is 0.275 e. The molecule has 0 spiro atoms. The summed E-state index contributed by atoms with van der Waals surface area (Å²) < 4.78 is 5.87. The third-order valence-electron chi connectivity index (χ3n) is 4.01. The number of pyridine rings is 1. The Morgan fingerprint density at radius 2 is 1.68 bits per heavy atom. The summed E-state index contributed by atoms with van der Waals surface area (Å²) in [4.78, 5) is 16.8. The Morgan fingerprint density at radius 3 is 2.39 bits per heavy atom. The van der Waals surface area contributed by atoms with Gasteiger partial charge in [-0.15, -0.1) is 0 Å². The summed E-state index contributed by atoms with van der Waals surface area (Å²) in [5.41, 5.74) is 4.86. The van der Waals surface area contributed by atoms with Crippen molar-refractivity contribution >= 4 is 11.6 Å². The van der Waals surface area contributed by atoms with Crippen molar-refractivity contribution in [2.24, 2.45) is 11.0 Å². The summed E-state index contributed by atoms with van der Waals surface area (Å²) in [5, 5.41) is 4.39. The molecule has 1 amide bonds. The minimum atomic E-state index is -0.318. The molecular weight excluding hydrogens is 350 g/mol. The first-order chi connectivity index (χ1) is 13.6. The monoisotopic (exact) mass is 373 g/mol. The molecule has 0 saturated carbocycles. The maximum absolute atomic E-state index is 12.8. The van der Waals surface area contributed by atoms with E-state index in [-0.39, 0.29) is 5.91 Å². The van der Waals surface area contributed by atoms with Gasteiger partial charge in [0.25, 0.3) is 5.91 Å². The normalized spacial score (nSPS) is 11.3. The molecule has 0 unspecified atom stereocenters. The molecule has 0 fully saturated rings. The maximum Gasteiger partial charge on any atom is 0.275 e. The summed E-state index contributed by atoms with van der Waals surface area (Å²) in [7, 11) is 0. The zero-order valence-corrected chi connectivity index (χ0v) is 16.0. The molecule has 2 aromatic carbocycles. The molecule has 0 aliphatic rings. The number of hydrogen-bond donors (Lipinski definition) is 1. The van der Waals surface area contributed by atoms with Crippen LogP contribution in [-0.2, 0) is 0 Å². The molecule has 0 radical (unpaired) electrons. The third-order valence-corrected chi connectivity index (χ3v) is 4.01. The third kappa shape index (κ3) is 5.27. The van der Waals surface area contributed by atoms with Gasteiger partial charge in [0.15, 0.2) is 0 Å². The Labute approximate surface area is 165 Å². The van der Waals surface area contributed by atoms with Crippen LogP contribution in [0.2, 0.25) is 0 Å². The lowest BCUT2D eigenvalue weighted by atomic mass is 10.0.